The molecule has 2 unspecified atom stereocenters. The van der Waals surface area contributed by atoms with Gasteiger partial charge in [-0.3, -0.25) is 4.79 Å². The lowest BCUT2D eigenvalue weighted by Crippen LogP contribution is -2.47. The third-order valence-corrected chi connectivity index (χ3v) is 5.74. The molecule has 1 saturated heterocycles. The van der Waals surface area contributed by atoms with Crippen LogP contribution < -0.4 is 10.5 Å². The van der Waals surface area contributed by atoms with Crippen molar-refractivity contribution in [3.05, 3.63) is 29.8 Å². The predicted octanol–water partition coefficient (Wildman–Crippen LogP) is 2.70. The number of ether oxygens (including phenoxy) is 1. The summed E-state index contributed by atoms with van der Waals surface area (Å²) >= 11 is 0. The Morgan fingerprint density at radius 3 is 2.74 bits per heavy atom. The molecule has 2 fully saturated rings. The van der Waals surface area contributed by atoms with Gasteiger partial charge >= 0.3 is 0 Å². The van der Waals surface area contributed by atoms with Gasteiger partial charge in [-0.2, -0.15) is 0 Å². The first-order chi connectivity index (χ1) is 11.1. The van der Waals surface area contributed by atoms with Crippen molar-refractivity contribution in [1.82, 2.24) is 4.90 Å². The fourth-order valence-corrected chi connectivity index (χ4v) is 4.40. The normalized spacial score (nSPS) is 26.5. The van der Waals surface area contributed by atoms with E-state index < -0.39 is 0 Å². The number of nitrogens with two attached hydrogens (primary N) is 1. The highest BCUT2D eigenvalue weighted by Crippen LogP contribution is 2.44. The number of benzene rings is 1. The van der Waals surface area contributed by atoms with Crippen molar-refractivity contribution in [1.29, 1.82) is 0 Å². The third kappa shape index (κ3) is 2.85. The summed E-state index contributed by atoms with van der Waals surface area (Å²) < 4.78 is 5.38. The molecule has 2 aliphatic rings. The molecule has 23 heavy (non-hydrogen) atoms. The maximum atomic E-state index is 13.5. The molecular formula is C19H28N2O2. The highest BCUT2D eigenvalue weighted by Gasteiger charge is 2.47. The number of nitrogens with zero attached hydrogens (tertiary/aromatic N) is 1. The van der Waals surface area contributed by atoms with Crippen molar-refractivity contribution < 1.29 is 9.53 Å². The molecule has 1 aliphatic carbocycles. The summed E-state index contributed by atoms with van der Waals surface area (Å²) in [5.41, 5.74) is 6.58. The highest BCUT2D eigenvalue weighted by molar-refractivity contribution is 5.89. The van der Waals surface area contributed by atoms with Gasteiger partial charge in [0, 0.05) is 12.6 Å². The van der Waals surface area contributed by atoms with E-state index in [2.05, 4.69) is 17.9 Å². The van der Waals surface area contributed by atoms with Crippen LogP contribution in [0.3, 0.4) is 0 Å². The molecule has 0 bridgehead atoms. The van der Waals surface area contributed by atoms with Crippen molar-refractivity contribution in [3.8, 4) is 5.75 Å². The minimum Gasteiger partial charge on any atom is -0.497 e. The minimum atomic E-state index is -0.369. The van der Waals surface area contributed by atoms with Gasteiger partial charge in [0.05, 0.1) is 12.5 Å². The maximum Gasteiger partial charge on any atom is 0.233 e. The monoisotopic (exact) mass is 316 g/mol. The molecule has 2 N–H and O–H groups in total. The molecule has 4 heteroatoms. The first kappa shape index (κ1) is 16.3. The lowest BCUT2D eigenvalue weighted by Gasteiger charge is -2.35. The van der Waals surface area contributed by atoms with E-state index >= 15 is 0 Å². The summed E-state index contributed by atoms with van der Waals surface area (Å²) in [6, 6.07) is 8.37. The quantitative estimate of drug-likeness (QED) is 0.929. The SMILES string of the molecule is COc1cccc(C2(C(=O)N3CC(CN)CC3C)CCCC2)c1. The predicted molar refractivity (Wildman–Crippen MR) is 91.5 cm³/mol. The molecule has 126 valence electrons. The molecule has 1 amide bonds. The molecule has 2 atom stereocenters. The Balaban J connectivity index is 1.93. The Hall–Kier alpha value is -1.55. The Labute approximate surface area is 139 Å². The van der Waals surface area contributed by atoms with Gasteiger partial charge in [0.2, 0.25) is 5.91 Å². The summed E-state index contributed by atoms with van der Waals surface area (Å²) in [5, 5.41) is 0. The second-order valence-corrected chi connectivity index (χ2v) is 7.17. The van der Waals surface area contributed by atoms with E-state index in [4.69, 9.17) is 10.5 Å². The van der Waals surface area contributed by atoms with Gasteiger partial charge in [0.1, 0.15) is 5.75 Å². The van der Waals surface area contributed by atoms with E-state index in [-0.39, 0.29) is 5.41 Å². The lowest BCUT2D eigenvalue weighted by atomic mass is 9.77. The van der Waals surface area contributed by atoms with Gasteiger partial charge in [-0.05, 0) is 56.3 Å². The molecular weight excluding hydrogens is 288 g/mol. The van der Waals surface area contributed by atoms with Gasteiger partial charge < -0.3 is 15.4 Å². The Kier molecular flexibility index (Phi) is 4.62. The molecule has 3 rings (SSSR count). The molecule has 1 heterocycles. The van der Waals surface area contributed by atoms with Crippen LogP contribution in [0, 0.1) is 5.92 Å². The maximum absolute atomic E-state index is 13.5. The van der Waals surface area contributed by atoms with Crippen LogP contribution in [-0.2, 0) is 10.2 Å². The zero-order chi connectivity index (χ0) is 16.4. The van der Waals surface area contributed by atoms with Crippen molar-refractivity contribution in [2.75, 3.05) is 20.2 Å². The zero-order valence-electron chi connectivity index (χ0n) is 14.3. The highest BCUT2D eigenvalue weighted by atomic mass is 16.5. The second-order valence-electron chi connectivity index (χ2n) is 7.17. The van der Waals surface area contributed by atoms with Crippen molar-refractivity contribution in [2.24, 2.45) is 11.7 Å². The molecule has 0 aromatic heterocycles. The van der Waals surface area contributed by atoms with E-state index in [1.54, 1.807) is 7.11 Å². The average Bonchev–Trinajstić information content (AvgIpc) is 3.21. The number of carbonyl (C=O) groups excluding carboxylic acids is 1. The number of hydrogen-bond acceptors (Lipinski definition) is 3. The molecule has 0 spiro atoms. The third-order valence-electron chi connectivity index (χ3n) is 5.74. The standard InChI is InChI=1S/C19H28N2O2/c1-14-10-15(12-20)13-21(14)18(22)19(8-3-4-9-19)16-6-5-7-17(11-16)23-2/h5-7,11,14-15H,3-4,8-10,12-13,20H2,1-2H3. The summed E-state index contributed by atoms with van der Waals surface area (Å²) in [7, 11) is 1.68. The molecule has 1 saturated carbocycles. The van der Waals surface area contributed by atoms with Gasteiger partial charge in [-0.25, -0.2) is 0 Å². The first-order valence-corrected chi connectivity index (χ1v) is 8.76. The van der Waals surface area contributed by atoms with Crippen LogP contribution in [0.1, 0.15) is 44.6 Å². The fourth-order valence-electron chi connectivity index (χ4n) is 4.40. The lowest BCUT2D eigenvalue weighted by molar-refractivity contribution is -0.138. The number of rotatable bonds is 4. The van der Waals surface area contributed by atoms with Gasteiger partial charge in [0.15, 0.2) is 0 Å². The minimum absolute atomic E-state index is 0.291. The van der Waals surface area contributed by atoms with E-state index in [1.807, 2.05) is 18.2 Å². The van der Waals surface area contributed by atoms with Crippen LogP contribution in [0.25, 0.3) is 0 Å². The Morgan fingerprint density at radius 1 is 1.39 bits per heavy atom. The van der Waals surface area contributed by atoms with Crippen molar-refractivity contribution in [2.45, 2.75) is 50.5 Å². The molecule has 1 aromatic rings. The second kappa shape index (κ2) is 6.52. The topological polar surface area (TPSA) is 55.6 Å². The molecule has 0 radical (unpaired) electrons. The summed E-state index contributed by atoms with van der Waals surface area (Å²) in [6.45, 7) is 3.63. The van der Waals surface area contributed by atoms with Crippen LogP contribution in [0.15, 0.2) is 24.3 Å². The van der Waals surface area contributed by atoms with Gasteiger partial charge in [-0.1, -0.05) is 25.0 Å². The number of amides is 1. The zero-order valence-corrected chi connectivity index (χ0v) is 14.3. The average molecular weight is 316 g/mol. The van der Waals surface area contributed by atoms with E-state index in [9.17, 15) is 4.79 Å². The van der Waals surface area contributed by atoms with Crippen LogP contribution in [0.5, 0.6) is 5.75 Å². The van der Waals surface area contributed by atoms with Crippen LogP contribution in [-0.4, -0.2) is 37.0 Å². The van der Waals surface area contributed by atoms with Crippen LogP contribution in [0.2, 0.25) is 0 Å². The molecule has 1 aromatic carbocycles. The summed E-state index contributed by atoms with van der Waals surface area (Å²) in [6.07, 6.45) is 5.14. The largest absolute Gasteiger partial charge is 0.497 e. The fraction of sp³-hybridized carbons (Fsp3) is 0.632. The molecule has 1 aliphatic heterocycles. The van der Waals surface area contributed by atoms with Crippen molar-refractivity contribution in [3.63, 3.8) is 0 Å². The van der Waals surface area contributed by atoms with Crippen molar-refractivity contribution >= 4 is 5.91 Å². The summed E-state index contributed by atoms with van der Waals surface area (Å²) in [5.74, 6) is 1.57. The summed E-state index contributed by atoms with van der Waals surface area (Å²) in [4.78, 5) is 15.6. The number of likely N-dealkylation sites (tertiary alicyclic amines) is 1. The Morgan fingerprint density at radius 2 is 2.13 bits per heavy atom. The smallest absolute Gasteiger partial charge is 0.233 e. The van der Waals surface area contributed by atoms with E-state index in [1.165, 1.54) is 0 Å². The van der Waals surface area contributed by atoms with Gasteiger partial charge in [0.25, 0.3) is 0 Å². The first-order valence-electron chi connectivity index (χ1n) is 8.76. The Bertz CT molecular complexity index is 566. The van der Waals surface area contributed by atoms with Crippen LogP contribution >= 0.6 is 0 Å². The number of hydrogen-bond donors (Lipinski definition) is 1. The number of methoxy groups -OCH3 is 1. The molecule has 4 nitrogen and oxygen atoms in total. The van der Waals surface area contributed by atoms with E-state index in [0.29, 0.717) is 24.4 Å². The van der Waals surface area contributed by atoms with Crippen LogP contribution in [0.4, 0.5) is 0 Å². The number of carbonyl (C=O) groups is 1. The van der Waals surface area contributed by atoms with Gasteiger partial charge in [-0.15, -0.1) is 0 Å². The van der Waals surface area contributed by atoms with E-state index in [0.717, 1.165) is 50.0 Å².